The lowest BCUT2D eigenvalue weighted by atomic mass is 9.70. The molecule has 0 aromatic rings. The topological polar surface area (TPSA) is 94.3 Å². The maximum absolute atomic E-state index is 11.9. The molecule has 2 saturated carbocycles. The highest BCUT2D eigenvalue weighted by molar-refractivity contribution is 7.89. The zero-order valence-corrected chi connectivity index (χ0v) is 10.1. The lowest BCUT2D eigenvalue weighted by Gasteiger charge is -2.34. The van der Waals surface area contributed by atoms with Crippen molar-refractivity contribution >= 4 is 21.6 Å². The Balaban J connectivity index is 2.54. The Morgan fingerprint density at radius 2 is 1.94 bits per heavy atom. The Hall–Kier alpha value is -0.750. The summed E-state index contributed by atoms with van der Waals surface area (Å²) in [5.41, 5.74) is -1.67. The van der Waals surface area contributed by atoms with Crippen LogP contribution >= 0.6 is 0 Å². The average molecular weight is 245 g/mol. The first kappa shape index (κ1) is 11.7. The molecule has 2 aliphatic carbocycles. The van der Waals surface area contributed by atoms with E-state index in [0.717, 1.165) is 0 Å². The second-order valence-electron chi connectivity index (χ2n) is 5.40. The monoisotopic (exact) mass is 245 g/mol. The highest BCUT2D eigenvalue weighted by Crippen LogP contribution is 2.62. The van der Waals surface area contributed by atoms with Crippen LogP contribution in [0.5, 0.6) is 0 Å². The fraction of sp³-hybridized carbons (Fsp3) is 0.800. The maximum Gasteiger partial charge on any atom is 0.210 e. The van der Waals surface area contributed by atoms with Crippen molar-refractivity contribution in [3.8, 4) is 0 Å². The lowest BCUT2D eigenvalue weighted by molar-refractivity contribution is -0.141. The number of carbonyl (C=O) groups excluding carboxylic acids is 2. The summed E-state index contributed by atoms with van der Waals surface area (Å²) in [7, 11) is -3.75. The minimum absolute atomic E-state index is 0.332. The molecule has 2 N–H and O–H groups in total. The summed E-state index contributed by atoms with van der Waals surface area (Å²) in [5, 5.41) is 5.03. The molecule has 2 bridgehead atoms. The molecule has 0 aromatic heterocycles. The van der Waals surface area contributed by atoms with E-state index in [1.54, 1.807) is 13.8 Å². The number of fused-ring (bicyclic) bond motifs is 2. The van der Waals surface area contributed by atoms with Gasteiger partial charge >= 0.3 is 0 Å². The quantitative estimate of drug-likeness (QED) is 0.684. The van der Waals surface area contributed by atoms with Gasteiger partial charge < -0.3 is 0 Å². The summed E-state index contributed by atoms with van der Waals surface area (Å²) in [6, 6.07) is 0. The Labute approximate surface area is 94.4 Å². The molecule has 0 spiro atoms. The third-order valence-corrected chi connectivity index (χ3v) is 5.28. The summed E-state index contributed by atoms with van der Waals surface area (Å²) < 4.78 is 22.4. The first-order valence-corrected chi connectivity index (χ1v) is 6.92. The van der Waals surface area contributed by atoms with Crippen LogP contribution in [-0.2, 0) is 19.6 Å². The Morgan fingerprint density at radius 3 is 2.31 bits per heavy atom. The molecule has 2 aliphatic rings. The van der Waals surface area contributed by atoms with Crippen LogP contribution in [0.25, 0.3) is 0 Å². The largest absolute Gasteiger partial charge is 0.291 e. The predicted octanol–water partition coefficient (Wildman–Crippen LogP) is -0.151. The Kier molecular flexibility index (Phi) is 2.14. The van der Waals surface area contributed by atoms with Gasteiger partial charge in [0.25, 0.3) is 0 Å². The zero-order chi connectivity index (χ0) is 12.4. The molecule has 0 aromatic carbocycles. The minimum Gasteiger partial charge on any atom is -0.291 e. The van der Waals surface area contributed by atoms with E-state index in [1.165, 1.54) is 0 Å². The molecule has 0 saturated heterocycles. The van der Waals surface area contributed by atoms with Crippen molar-refractivity contribution in [2.24, 2.45) is 21.9 Å². The van der Waals surface area contributed by atoms with Gasteiger partial charge in [0, 0.05) is 5.92 Å². The van der Waals surface area contributed by atoms with Gasteiger partial charge in [0.2, 0.25) is 21.6 Å². The zero-order valence-electron chi connectivity index (χ0n) is 9.32. The number of carbonyl (C=O) groups is 2. The molecular formula is C10H15NO4S. The maximum atomic E-state index is 11.9. The van der Waals surface area contributed by atoms with Gasteiger partial charge in [0.1, 0.15) is 0 Å². The molecule has 0 aliphatic heterocycles. The summed E-state index contributed by atoms with van der Waals surface area (Å²) in [4.78, 5) is 23.6. The molecule has 2 unspecified atom stereocenters. The van der Waals surface area contributed by atoms with Gasteiger partial charge in [-0.3, -0.25) is 9.59 Å². The van der Waals surface area contributed by atoms with Crippen LogP contribution < -0.4 is 5.14 Å². The van der Waals surface area contributed by atoms with Crippen molar-refractivity contribution in [1.82, 2.24) is 0 Å². The fourth-order valence-electron chi connectivity index (χ4n) is 3.33. The number of primary sulfonamides is 1. The van der Waals surface area contributed by atoms with E-state index in [1.807, 2.05) is 0 Å². The van der Waals surface area contributed by atoms with E-state index in [4.69, 9.17) is 5.14 Å². The molecule has 2 atom stereocenters. The number of rotatable bonds is 2. The summed E-state index contributed by atoms with van der Waals surface area (Å²) in [6.07, 6.45) is 1.04. The van der Waals surface area contributed by atoms with E-state index in [-0.39, 0.29) is 5.92 Å². The molecule has 90 valence electrons. The van der Waals surface area contributed by atoms with Gasteiger partial charge in [-0.2, -0.15) is 0 Å². The lowest BCUT2D eigenvalue weighted by Crippen LogP contribution is -2.44. The van der Waals surface area contributed by atoms with Crippen molar-refractivity contribution in [3.05, 3.63) is 0 Å². The van der Waals surface area contributed by atoms with Crippen molar-refractivity contribution < 1.29 is 18.0 Å². The Morgan fingerprint density at radius 1 is 1.38 bits per heavy atom. The van der Waals surface area contributed by atoms with Gasteiger partial charge in [-0.15, -0.1) is 0 Å². The second kappa shape index (κ2) is 2.92. The molecule has 2 fully saturated rings. The number of ketones is 2. The first-order valence-electron chi connectivity index (χ1n) is 5.21. The smallest absolute Gasteiger partial charge is 0.210 e. The van der Waals surface area contributed by atoms with Crippen LogP contribution in [0.1, 0.15) is 26.7 Å². The van der Waals surface area contributed by atoms with Crippen molar-refractivity contribution in [1.29, 1.82) is 0 Å². The van der Waals surface area contributed by atoms with Crippen molar-refractivity contribution in [2.75, 3.05) is 5.75 Å². The third-order valence-electron chi connectivity index (χ3n) is 4.39. The van der Waals surface area contributed by atoms with E-state index in [9.17, 15) is 18.0 Å². The number of nitrogens with two attached hydrogens (primary N) is 1. The van der Waals surface area contributed by atoms with Gasteiger partial charge in [0.05, 0.1) is 11.2 Å². The minimum atomic E-state index is -3.75. The number of hydrogen-bond acceptors (Lipinski definition) is 4. The first-order chi connectivity index (χ1) is 7.12. The standard InChI is InChI=1S/C10H15NO4S/c1-9(2)6-3-4-10(9,5-16(11,14)15)8(13)7(6)12/h6H,3-5H2,1-2H3,(H2,11,14,15). The summed E-state index contributed by atoms with van der Waals surface area (Å²) in [5.74, 6) is -1.70. The van der Waals surface area contributed by atoms with Crippen molar-refractivity contribution in [2.45, 2.75) is 26.7 Å². The van der Waals surface area contributed by atoms with E-state index >= 15 is 0 Å². The number of sulfonamides is 1. The normalized spacial score (nSPS) is 37.1. The van der Waals surface area contributed by atoms with Crippen LogP contribution in [0.3, 0.4) is 0 Å². The van der Waals surface area contributed by atoms with E-state index in [0.29, 0.717) is 12.8 Å². The molecule has 6 heteroatoms. The van der Waals surface area contributed by atoms with Crippen LogP contribution in [0, 0.1) is 16.7 Å². The van der Waals surface area contributed by atoms with Crippen LogP contribution in [0.15, 0.2) is 0 Å². The molecule has 5 nitrogen and oxygen atoms in total. The van der Waals surface area contributed by atoms with Crippen LogP contribution in [-0.4, -0.2) is 25.7 Å². The SMILES string of the molecule is CC1(C)C2CCC1(CS(N)(=O)=O)C(=O)C2=O. The van der Waals surface area contributed by atoms with E-state index in [2.05, 4.69) is 0 Å². The molecule has 0 heterocycles. The molecule has 0 radical (unpaired) electrons. The third kappa shape index (κ3) is 1.23. The fourth-order valence-corrected chi connectivity index (χ4v) is 4.67. The molecule has 16 heavy (non-hydrogen) atoms. The summed E-state index contributed by atoms with van der Waals surface area (Å²) in [6.45, 7) is 3.58. The highest BCUT2D eigenvalue weighted by atomic mass is 32.2. The van der Waals surface area contributed by atoms with Gasteiger partial charge in [0.15, 0.2) is 0 Å². The molecular weight excluding hydrogens is 230 g/mol. The van der Waals surface area contributed by atoms with Gasteiger partial charge in [-0.25, -0.2) is 13.6 Å². The van der Waals surface area contributed by atoms with E-state index < -0.39 is 38.2 Å². The Bertz CT molecular complexity index is 479. The molecule has 2 rings (SSSR count). The van der Waals surface area contributed by atoms with Crippen LogP contribution in [0.2, 0.25) is 0 Å². The predicted molar refractivity (Wildman–Crippen MR) is 56.9 cm³/mol. The van der Waals surface area contributed by atoms with Gasteiger partial charge in [-0.1, -0.05) is 13.8 Å². The average Bonchev–Trinajstić information content (AvgIpc) is 2.39. The number of hydrogen-bond donors (Lipinski definition) is 1. The van der Waals surface area contributed by atoms with Crippen molar-refractivity contribution in [3.63, 3.8) is 0 Å². The number of Topliss-reactive ketones (excluding diaryl/α,β-unsaturated/α-hetero) is 2. The van der Waals surface area contributed by atoms with Crippen LogP contribution in [0.4, 0.5) is 0 Å². The van der Waals surface area contributed by atoms with Gasteiger partial charge in [-0.05, 0) is 18.3 Å². The molecule has 0 amide bonds. The summed E-state index contributed by atoms with van der Waals surface area (Å²) >= 11 is 0. The second-order valence-corrected chi connectivity index (χ2v) is 7.01. The highest BCUT2D eigenvalue weighted by Gasteiger charge is 2.69.